The monoisotopic (exact) mass is 402 g/mol. The van der Waals surface area contributed by atoms with Crippen LogP contribution in [0, 0.1) is 6.92 Å². The van der Waals surface area contributed by atoms with Crippen LogP contribution in [0.2, 0.25) is 10.0 Å². The van der Waals surface area contributed by atoms with Gasteiger partial charge in [-0.15, -0.1) is 12.4 Å². The van der Waals surface area contributed by atoms with Crippen molar-refractivity contribution in [1.82, 2.24) is 10.0 Å². The van der Waals surface area contributed by atoms with Crippen molar-refractivity contribution in [3.63, 3.8) is 0 Å². The summed E-state index contributed by atoms with van der Waals surface area (Å²) < 4.78 is 33.0. The summed E-state index contributed by atoms with van der Waals surface area (Å²) in [6.07, 6.45) is 1.83. The van der Waals surface area contributed by atoms with Gasteiger partial charge in [0.15, 0.2) is 0 Å². The Labute approximate surface area is 153 Å². The molecule has 0 aliphatic carbocycles. The van der Waals surface area contributed by atoms with E-state index in [1.54, 1.807) is 20.1 Å². The van der Waals surface area contributed by atoms with Crippen molar-refractivity contribution < 1.29 is 13.2 Å². The molecule has 0 spiro atoms. The smallest absolute Gasteiger partial charge is 0.243 e. The number of halogens is 3. The third-order valence-corrected chi connectivity index (χ3v) is 6.38. The third kappa shape index (κ3) is 4.72. The van der Waals surface area contributed by atoms with Gasteiger partial charge in [-0.1, -0.05) is 29.3 Å². The molecule has 1 atom stereocenters. The molecule has 1 saturated heterocycles. The van der Waals surface area contributed by atoms with Crippen LogP contribution in [0.3, 0.4) is 0 Å². The molecular weight excluding hydrogens is 383 g/mol. The lowest BCUT2D eigenvalue weighted by Gasteiger charge is -2.29. The summed E-state index contributed by atoms with van der Waals surface area (Å²) >= 11 is 12.2. The molecular formula is C14H21Cl3N2O3S. The number of hydrogen-bond acceptors (Lipinski definition) is 4. The highest BCUT2D eigenvalue weighted by molar-refractivity contribution is 7.89. The minimum atomic E-state index is -3.80. The molecule has 0 amide bonds. The number of hydrogen-bond donors (Lipinski definition) is 2. The van der Waals surface area contributed by atoms with Crippen LogP contribution in [0.15, 0.2) is 17.0 Å². The Morgan fingerprint density at radius 3 is 2.65 bits per heavy atom. The minimum Gasteiger partial charge on any atom is -0.383 e. The average Bonchev–Trinajstić information content (AvgIpc) is 2.91. The highest BCUT2D eigenvalue weighted by Gasteiger charge is 2.35. The van der Waals surface area contributed by atoms with Crippen LogP contribution in [-0.4, -0.2) is 40.8 Å². The van der Waals surface area contributed by atoms with Gasteiger partial charge in [0.25, 0.3) is 0 Å². The van der Waals surface area contributed by atoms with Crippen molar-refractivity contribution >= 4 is 45.6 Å². The molecule has 1 aliphatic heterocycles. The van der Waals surface area contributed by atoms with Gasteiger partial charge in [-0.25, -0.2) is 13.1 Å². The van der Waals surface area contributed by atoms with Crippen molar-refractivity contribution in [3.8, 4) is 0 Å². The lowest BCUT2D eigenvalue weighted by atomic mass is 9.99. The van der Waals surface area contributed by atoms with Crippen LogP contribution >= 0.6 is 35.6 Å². The van der Waals surface area contributed by atoms with Crippen LogP contribution in [-0.2, 0) is 14.8 Å². The number of methoxy groups -OCH3 is 1. The van der Waals surface area contributed by atoms with Crippen LogP contribution in [0.4, 0.5) is 0 Å². The molecule has 0 aromatic heterocycles. The normalized spacial score (nSPS) is 21.2. The van der Waals surface area contributed by atoms with Gasteiger partial charge >= 0.3 is 0 Å². The quantitative estimate of drug-likeness (QED) is 0.766. The SMILES string of the molecule is COCC1(CNS(=O)(=O)c2c(Cl)ccc(C)c2Cl)CCCN1.Cl. The molecule has 5 nitrogen and oxygen atoms in total. The standard InChI is InChI=1S/C14H20Cl2N2O3S.ClH/c1-10-4-5-11(15)13(12(10)16)22(19,20)18-8-14(9-21-2)6-3-7-17-14;/h4-5,17-18H,3,6-9H2,1-2H3;1H. The average molecular weight is 404 g/mol. The van der Waals surface area contributed by atoms with E-state index in [2.05, 4.69) is 10.0 Å². The Hall–Kier alpha value is -0.0800. The van der Waals surface area contributed by atoms with Gasteiger partial charge in [0.05, 0.1) is 22.2 Å². The molecule has 9 heteroatoms. The molecule has 1 aromatic rings. The summed E-state index contributed by atoms with van der Waals surface area (Å²) in [6, 6.07) is 3.23. The predicted molar refractivity (Wildman–Crippen MR) is 95.5 cm³/mol. The zero-order valence-electron chi connectivity index (χ0n) is 13.0. The first-order chi connectivity index (χ1) is 10.3. The Balaban J connectivity index is 0.00000264. The Kier molecular flexibility index (Phi) is 7.60. The van der Waals surface area contributed by atoms with Crippen molar-refractivity contribution in [2.75, 3.05) is 26.8 Å². The fraction of sp³-hybridized carbons (Fsp3) is 0.571. The molecule has 1 fully saturated rings. The largest absolute Gasteiger partial charge is 0.383 e. The highest BCUT2D eigenvalue weighted by atomic mass is 35.5. The molecule has 2 N–H and O–H groups in total. The molecule has 23 heavy (non-hydrogen) atoms. The van der Waals surface area contributed by atoms with Crippen molar-refractivity contribution in [1.29, 1.82) is 0 Å². The summed E-state index contributed by atoms with van der Waals surface area (Å²) in [4.78, 5) is -0.0682. The summed E-state index contributed by atoms with van der Waals surface area (Å²) in [5.74, 6) is 0. The lowest BCUT2D eigenvalue weighted by molar-refractivity contribution is 0.122. The number of sulfonamides is 1. The first kappa shape index (κ1) is 21.0. The minimum absolute atomic E-state index is 0. The summed E-state index contributed by atoms with van der Waals surface area (Å²) in [5.41, 5.74) is 0.280. The van der Waals surface area contributed by atoms with Crippen molar-refractivity contribution in [2.45, 2.75) is 30.2 Å². The van der Waals surface area contributed by atoms with E-state index in [1.165, 1.54) is 6.07 Å². The van der Waals surface area contributed by atoms with E-state index >= 15 is 0 Å². The number of rotatable bonds is 6. The second-order valence-corrected chi connectivity index (χ2v) is 8.06. The predicted octanol–water partition coefficient (Wildman–Crippen LogP) is 2.77. The van der Waals surface area contributed by atoms with Gasteiger partial charge in [-0.3, -0.25) is 0 Å². The molecule has 1 heterocycles. The molecule has 0 radical (unpaired) electrons. The van der Waals surface area contributed by atoms with Crippen molar-refractivity contribution in [2.24, 2.45) is 0 Å². The Bertz CT molecular complexity index is 647. The third-order valence-electron chi connectivity index (χ3n) is 3.86. The van der Waals surface area contributed by atoms with Crippen LogP contribution in [0.1, 0.15) is 18.4 Å². The van der Waals surface area contributed by atoms with Gasteiger partial charge in [0, 0.05) is 13.7 Å². The first-order valence-electron chi connectivity index (χ1n) is 6.99. The van der Waals surface area contributed by atoms with Crippen LogP contribution < -0.4 is 10.0 Å². The highest BCUT2D eigenvalue weighted by Crippen LogP contribution is 2.32. The molecule has 132 valence electrons. The van der Waals surface area contributed by atoms with E-state index in [0.29, 0.717) is 12.2 Å². The summed E-state index contributed by atoms with van der Waals surface area (Å²) in [5, 5.41) is 3.58. The van der Waals surface area contributed by atoms with Gasteiger partial charge in [0.2, 0.25) is 10.0 Å². The second kappa shape index (κ2) is 8.34. The summed E-state index contributed by atoms with van der Waals surface area (Å²) in [6.45, 7) is 3.24. The van der Waals surface area contributed by atoms with Gasteiger partial charge in [-0.2, -0.15) is 0 Å². The fourth-order valence-corrected chi connectivity index (χ4v) is 4.97. The molecule has 1 unspecified atom stereocenters. The number of benzene rings is 1. The number of aryl methyl sites for hydroxylation is 1. The second-order valence-electron chi connectivity index (χ2n) is 5.58. The number of nitrogens with one attached hydrogen (secondary N) is 2. The lowest BCUT2D eigenvalue weighted by Crippen LogP contribution is -2.52. The fourth-order valence-electron chi connectivity index (χ4n) is 2.65. The maximum Gasteiger partial charge on any atom is 0.243 e. The Morgan fingerprint density at radius 1 is 1.39 bits per heavy atom. The first-order valence-corrected chi connectivity index (χ1v) is 9.23. The topological polar surface area (TPSA) is 67.4 Å². The zero-order valence-corrected chi connectivity index (χ0v) is 16.1. The molecule has 0 bridgehead atoms. The van der Waals surface area contributed by atoms with Crippen LogP contribution in [0.25, 0.3) is 0 Å². The van der Waals surface area contributed by atoms with Crippen LogP contribution in [0.5, 0.6) is 0 Å². The van der Waals surface area contributed by atoms with E-state index in [0.717, 1.165) is 19.4 Å². The molecule has 2 rings (SSSR count). The maximum absolute atomic E-state index is 12.6. The molecule has 0 saturated carbocycles. The van der Waals surface area contributed by atoms with Gasteiger partial charge in [-0.05, 0) is 37.9 Å². The molecule has 1 aliphatic rings. The Morgan fingerprint density at radius 2 is 2.09 bits per heavy atom. The van der Waals surface area contributed by atoms with Gasteiger partial charge in [0.1, 0.15) is 4.90 Å². The van der Waals surface area contributed by atoms with E-state index < -0.39 is 10.0 Å². The summed E-state index contributed by atoms with van der Waals surface area (Å²) in [7, 11) is -2.20. The van der Waals surface area contributed by atoms with Gasteiger partial charge < -0.3 is 10.1 Å². The van der Waals surface area contributed by atoms with E-state index in [9.17, 15) is 8.42 Å². The molecule has 1 aromatic carbocycles. The van der Waals surface area contributed by atoms with E-state index in [-0.39, 0.29) is 39.4 Å². The maximum atomic E-state index is 12.6. The number of ether oxygens (including phenoxy) is 1. The van der Waals surface area contributed by atoms with Crippen molar-refractivity contribution in [3.05, 3.63) is 27.7 Å². The van der Waals surface area contributed by atoms with E-state index in [4.69, 9.17) is 27.9 Å². The zero-order chi connectivity index (χ0) is 16.4. The van der Waals surface area contributed by atoms with E-state index in [1.807, 2.05) is 0 Å².